The van der Waals surface area contributed by atoms with Crippen molar-refractivity contribution in [2.45, 2.75) is 26.3 Å². The molecule has 0 aliphatic carbocycles. The second-order valence-electron chi connectivity index (χ2n) is 3.50. The number of carboxylic acid groups (broad SMARTS) is 1. The highest BCUT2D eigenvalue weighted by molar-refractivity contribution is 5.76. The fourth-order valence-electron chi connectivity index (χ4n) is 1.42. The van der Waals surface area contributed by atoms with Gasteiger partial charge in [-0.05, 0) is 25.5 Å². The average molecular weight is 221 g/mol. The number of aryl methyl sites for hydroxylation is 1. The summed E-state index contributed by atoms with van der Waals surface area (Å²) >= 11 is 0. The summed E-state index contributed by atoms with van der Waals surface area (Å²) in [5, 5.41) is 14.5. The van der Waals surface area contributed by atoms with Gasteiger partial charge in [-0.1, -0.05) is 24.6 Å². The van der Waals surface area contributed by atoms with E-state index in [1.165, 1.54) is 0 Å². The fraction of sp³-hybridized carbons (Fsp3) is 0.364. The zero-order valence-corrected chi connectivity index (χ0v) is 9.21. The van der Waals surface area contributed by atoms with Crippen molar-refractivity contribution in [3.8, 4) is 0 Å². The molecule has 0 bridgehead atoms. The van der Waals surface area contributed by atoms with Crippen LogP contribution in [0.3, 0.4) is 0 Å². The first-order valence-corrected chi connectivity index (χ1v) is 5.00. The first kappa shape index (κ1) is 12.2. The monoisotopic (exact) mass is 221 g/mol. The highest BCUT2D eigenvalue weighted by Crippen LogP contribution is 2.19. The van der Waals surface area contributed by atoms with E-state index in [2.05, 4.69) is 5.29 Å². The van der Waals surface area contributed by atoms with Crippen LogP contribution in [0.4, 0.5) is 5.69 Å². The molecule has 0 amide bonds. The lowest BCUT2D eigenvalue weighted by Gasteiger charge is -2.25. The van der Waals surface area contributed by atoms with Crippen molar-refractivity contribution in [1.29, 1.82) is 0 Å². The number of anilines is 1. The van der Waals surface area contributed by atoms with E-state index in [4.69, 9.17) is 0 Å². The number of rotatable bonds is 5. The number of carbonyl (C=O) groups is 1. The smallest absolute Gasteiger partial charge is 0.0948 e. The molecule has 86 valence electrons. The molecule has 0 aromatic heterocycles. The van der Waals surface area contributed by atoms with Crippen molar-refractivity contribution in [2.24, 2.45) is 5.29 Å². The van der Waals surface area contributed by atoms with Gasteiger partial charge in [0, 0.05) is 0 Å². The second kappa shape index (κ2) is 5.25. The Morgan fingerprint density at radius 1 is 1.44 bits per heavy atom. The van der Waals surface area contributed by atoms with E-state index in [0.717, 1.165) is 10.6 Å². The minimum absolute atomic E-state index is 0.252. The van der Waals surface area contributed by atoms with Crippen molar-refractivity contribution in [3.05, 3.63) is 34.7 Å². The molecule has 0 saturated carbocycles. The van der Waals surface area contributed by atoms with E-state index >= 15 is 0 Å². The van der Waals surface area contributed by atoms with Crippen molar-refractivity contribution in [2.75, 3.05) is 5.01 Å². The summed E-state index contributed by atoms with van der Waals surface area (Å²) in [4.78, 5) is 21.5. The van der Waals surface area contributed by atoms with E-state index in [1.54, 1.807) is 31.2 Å². The van der Waals surface area contributed by atoms with Crippen LogP contribution in [0.1, 0.15) is 18.9 Å². The van der Waals surface area contributed by atoms with Gasteiger partial charge < -0.3 is 9.90 Å². The van der Waals surface area contributed by atoms with Crippen LogP contribution in [0.15, 0.2) is 29.6 Å². The molecule has 1 unspecified atom stereocenters. The molecule has 0 heterocycles. The molecular weight excluding hydrogens is 208 g/mol. The molecular formula is C11H13N2O3-. The summed E-state index contributed by atoms with van der Waals surface area (Å²) in [5.41, 5.74) is 1.48. The molecule has 1 aromatic carbocycles. The number of nitroso groups, excluding NO2 is 1. The van der Waals surface area contributed by atoms with Crippen LogP contribution in [0.2, 0.25) is 0 Å². The Morgan fingerprint density at radius 3 is 2.38 bits per heavy atom. The molecule has 0 spiro atoms. The lowest BCUT2D eigenvalue weighted by Crippen LogP contribution is -2.45. The Morgan fingerprint density at radius 2 is 2.00 bits per heavy atom. The minimum atomic E-state index is -1.30. The number of carbonyl (C=O) groups excluding carboxylic acids is 1. The normalized spacial score (nSPS) is 11.9. The van der Waals surface area contributed by atoms with Crippen molar-refractivity contribution in [3.63, 3.8) is 0 Å². The van der Waals surface area contributed by atoms with Gasteiger partial charge in [-0.3, -0.25) is 0 Å². The van der Waals surface area contributed by atoms with Crippen LogP contribution in [0.25, 0.3) is 0 Å². The standard InChI is InChI=1S/C11H14N2O3/c1-3-10(11(14)15)13(12-16)9-6-4-8(2)5-7-9/h4-7,10H,3H2,1-2H3,(H,14,15)/p-1. The van der Waals surface area contributed by atoms with Gasteiger partial charge in [0.2, 0.25) is 0 Å². The lowest BCUT2D eigenvalue weighted by atomic mass is 10.1. The van der Waals surface area contributed by atoms with Crippen LogP contribution >= 0.6 is 0 Å². The SMILES string of the molecule is CCC(C(=O)[O-])N(N=O)c1ccc(C)cc1. The molecule has 1 rings (SSSR count). The Kier molecular flexibility index (Phi) is 3.99. The van der Waals surface area contributed by atoms with E-state index in [-0.39, 0.29) is 6.42 Å². The van der Waals surface area contributed by atoms with Crippen LogP contribution in [-0.4, -0.2) is 12.0 Å². The van der Waals surface area contributed by atoms with Crippen molar-refractivity contribution < 1.29 is 9.90 Å². The van der Waals surface area contributed by atoms with E-state index < -0.39 is 12.0 Å². The van der Waals surface area contributed by atoms with Crippen LogP contribution in [0, 0.1) is 11.8 Å². The summed E-state index contributed by atoms with van der Waals surface area (Å²) in [5.74, 6) is -1.30. The zero-order chi connectivity index (χ0) is 12.1. The number of aliphatic carboxylic acids is 1. The third-order valence-corrected chi connectivity index (χ3v) is 2.34. The van der Waals surface area contributed by atoms with Gasteiger partial charge in [-0.25, -0.2) is 5.01 Å². The van der Waals surface area contributed by atoms with Gasteiger partial charge >= 0.3 is 0 Å². The number of hydrogen-bond acceptors (Lipinski definition) is 4. The van der Waals surface area contributed by atoms with Gasteiger partial charge in [0.25, 0.3) is 0 Å². The van der Waals surface area contributed by atoms with E-state index in [0.29, 0.717) is 5.69 Å². The molecule has 5 heteroatoms. The number of nitrogens with zero attached hydrogens (tertiary/aromatic N) is 2. The lowest BCUT2D eigenvalue weighted by molar-refractivity contribution is -0.307. The molecule has 16 heavy (non-hydrogen) atoms. The summed E-state index contributed by atoms with van der Waals surface area (Å²) in [6.45, 7) is 3.56. The van der Waals surface area contributed by atoms with E-state index in [1.807, 2.05) is 6.92 Å². The molecule has 0 aliphatic heterocycles. The molecule has 1 aromatic rings. The quantitative estimate of drug-likeness (QED) is 0.549. The van der Waals surface area contributed by atoms with Gasteiger partial charge in [0.1, 0.15) is 0 Å². The number of benzene rings is 1. The Balaban J connectivity index is 3.01. The van der Waals surface area contributed by atoms with Crippen LogP contribution in [-0.2, 0) is 4.79 Å². The molecule has 0 N–H and O–H groups in total. The van der Waals surface area contributed by atoms with Gasteiger partial charge in [0.05, 0.1) is 23.0 Å². The molecule has 0 aliphatic rings. The third kappa shape index (κ3) is 2.56. The third-order valence-electron chi connectivity index (χ3n) is 2.34. The van der Waals surface area contributed by atoms with Crippen LogP contribution in [0.5, 0.6) is 0 Å². The van der Waals surface area contributed by atoms with Crippen molar-refractivity contribution in [1.82, 2.24) is 0 Å². The largest absolute Gasteiger partial charge is 0.548 e. The van der Waals surface area contributed by atoms with Gasteiger partial charge in [0.15, 0.2) is 0 Å². The minimum Gasteiger partial charge on any atom is -0.548 e. The van der Waals surface area contributed by atoms with Gasteiger partial charge in [-0.2, -0.15) is 0 Å². The molecule has 0 fully saturated rings. The molecule has 5 nitrogen and oxygen atoms in total. The Labute approximate surface area is 93.6 Å². The predicted molar refractivity (Wildman–Crippen MR) is 58.5 cm³/mol. The van der Waals surface area contributed by atoms with Crippen molar-refractivity contribution >= 4 is 11.7 Å². The summed E-state index contributed by atoms with van der Waals surface area (Å²) in [6.07, 6.45) is 0.252. The maximum atomic E-state index is 10.8. The zero-order valence-electron chi connectivity index (χ0n) is 9.21. The number of hydrogen-bond donors (Lipinski definition) is 0. The summed E-state index contributed by atoms with van der Waals surface area (Å²) in [7, 11) is 0. The first-order valence-electron chi connectivity index (χ1n) is 5.00. The second-order valence-corrected chi connectivity index (χ2v) is 3.50. The highest BCUT2D eigenvalue weighted by atomic mass is 16.4. The fourth-order valence-corrected chi connectivity index (χ4v) is 1.42. The molecule has 0 saturated heterocycles. The first-order chi connectivity index (χ1) is 7.60. The summed E-state index contributed by atoms with van der Waals surface area (Å²) in [6, 6.07) is 5.86. The van der Waals surface area contributed by atoms with Crippen LogP contribution < -0.4 is 10.1 Å². The maximum absolute atomic E-state index is 10.8. The Bertz CT molecular complexity index is 375. The number of carboxylic acids is 1. The topological polar surface area (TPSA) is 72.8 Å². The highest BCUT2D eigenvalue weighted by Gasteiger charge is 2.19. The average Bonchev–Trinajstić information content (AvgIpc) is 2.26. The van der Waals surface area contributed by atoms with Gasteiger partial charge in [-0.15, -0.1) is 4.91 Å². The summed E-state index contributed by atoms with van der Waals surface area (Å²) < 4.78 is 0. The maximum Gasteiger partial charge on any atom is 0.0948 e. The molecule has 1 atom stereocenters. The molecule has 0 radical (unpaired) electrons. The van der Waals surface area contributed by atoms with E-state index in [9.17, 15) is 14.8 Å². The predicted octanol–water partition coefficient (Wildman–Crippen LogP) is 1.01. The Hall–Kier alpha value is -1.91.